The van der Waals surface area contributed by atoms with Crippen molar-refractivity contribution in [1.82, 2.24) is 0 Å². The molecule has 3 nitrogen and oxygen atoms in total. The van der Waals surface area contributed by atoms with Crippen LogP contribution in [-0.4, -0.2) is 12.0 Å². The zero-order chi connectivity index (χ0) is 17.5. The summed E-state index contributed by atoms with van der Waals surface area (Å²) in [5, 5.41) is 0. The molecule has 0 fully saturated rings. The van der Waals surface area contributed by atoms with Crippen molar-refractivity contribution in [3.05, 3.63) is 35.9 Å². The first-order valence-electron chi connectivity index (χ1n) is 9.66. The Labute approximate surface area is 148 Å². The van der Waals surface area contributed by atoms with Crippen LogP contribution in [0.5, 0.6) is 0 Å². The van der Waals surface area contributed by atoms with E-state index in [1.165, 1.54) is 51.4 Å². The smallest absolute Gasteiger partial charge is 0.220 e. The third kappa shape index (κ3) is 11.2. The molecule has 0 spiro atoms. The van der Waals surface area contributed by atoms with Gasteiger partial charge in [-0.1, -0.05) is 95.0 Å². The molecule has 1 aromatic carbocycles. The van der Waals surface area contributed by atoms with E-state index in [-0.39, 0.29) is 12.0 Å². The Morgan fingerprint density at radius 3 is 2.12 bits per heavy atom. The fourth-order valence-electron chi connectivity index (χ4n) is 2.94. The Balaban J connectivity index is 2.13. The van der Waals surface area contributed by atoms with E-state index in [9.17, 15) is 4.79 Å². The predicted molar refractivity (Wildman–Crippen MR) is 101 cm³/mol. The van der Waals surface area contributed by atoms with Gasteiger partial charge in [0.15, 0.2) is 0 Å². The Morgan fingerprint density at radius 2 is 1.54 bits per heavy atom. The molecule has 1 atom stereocenters. The van der Waals surface area contributed by atoms with E-state index < -0.39 is 0 Å². The van der Waals surface area contributed by atoms with E-state index in [0.29, 0.717) is 13.0 Å². The van der Waals surface area contributed by atoms with Gasteiger partial charge in [0.2, 0.25) is 5.91 Å². The minimum absolute atomic E-state index is 0.0488. The number of carbonyl (C=O) groups excluding carboxylic acids is 1. The van der Waals surface area contributed by atoms with Crippen LogP contribution in [0.25, 0.3) is 0 Å². The lowest BCUT2D eigenvalue weighted by molar-refractivity contribution is -0.121. The average Bonchev–Trinajstić information content (AvgIpc) is 2.58. The molecule has 2 N–H and O–H groups in total. The van der Waals surface area contributed by atoms with Gasteiger partial charge in [-0.2, -0.15) is 0 Å². The summed E-state index contributed by atoms with van der Waals surface area (Å²) in [6.07, 6.45) is 12.9. The molecule has 0 saturated heterocycles. The second-order valence-corrected chi connectivity index (χ2v) is 6.71. The first-order chi connectivity index (χ1) is 11.7. The molecule has 1 amide bonds. The first kappa shape index (κ1) is 20.7. The van der Waals surface area contributed by atoms with Crippen LogP contribution in [0, 0.1) is 0 Å². The van der Waals surface area contributed by atoms with E-state index in [4.69, 9.17) is 10.5 Å². The SMILES string of the molecule is CCCCCCCCCCC[C@H](CC(N)=O)OCc1ccccc1. The highest BCUT2D eigenvalue weighted by Gasteiger charge is 2.12. The van der Waals surface area contributed by atoms with Gasteiger partial charge in [-0.3, -0.25) is 4.79 Å². The molecule has 1 aromatic rings. The number of unbranched alkanes of at least 4 members (excludes halogenated alkanes) is 8. The number of carbonyl (C=O) groups is 1. The van der Waals surface area contributed by atoms with Crippen LogP contribution >= 0.6 is 0 Å². The summed E-state index contributed by atoms with van der Waals surface area (Å²) in [4.78, 5) is 11.2. The van der Waals surface area contributed by atoms with Gasteiger partial charge in [-0.05, 0) is 12.0 Å². The Kier molecular flexibility index (Phi) is 12.1. The molecule has 0 heterocycles. The van der Waals surface area contributed by atoms with Crippen LogP contribution in [0.2, 0.25) is 0 Å². The number of nitrogens with two attached hydrogens (primary N) is 1. The quantitative estimate of drug-likeness (QED) is 0.439. The summed E-state index contributed by atoms with van der Waals surface area (Å²) in [6.45, 7) is 2.80. The third-order valence-corrected chi connectivity index (χ3v) is 4.39. The normalized spacial score (nSPS) is 12.2. The number of ether oxygens (including phenoxy) is 1. The largest absolute Gasteiger partial charge is 0.373 e. The number of amides is 1. The fraction of sp³-hybridized carbons (Fsp3) is 0.667. The third-order valence-electron chi connectivity index (χ3n) is 4.39. The van der Waals surface area contributed by atoms with Crippen molar-refractivity contribution >= 4 is 5.91 Å². The summed E-state index contributed by atoms with van der Waals surface area (Å²) in [6, 6.07) is 10.1. The van der Waals surface area contributed by atoms with Gasteiger partial charge in [0.25, 0.3) is 0 Å². The first-order valence-corrected chi connectivity index (χ1v) is 9.66. The highest BCUT2D eigenvalue weighted by atomic mass is 16.5. The maximum Gasteiger partial charge on any atom is 0.220 e. The minimum Gasteiger partial charge on any atom is -0.373 e. The molecule has 0 radical (unpaired) electrons. The molecule has 0 aliphatic rings. The van der Waals surface area contributed by atoms with Gasteiger partial charge in [0.1, 0.15) is 0 Å². The number of primary amides is 1. The average molecular weight is 334 g/mol. The molecule has 0 aliphatic carbocycles. The Bertz CT molecular complexity index is 419. The van der Waals surface area contributed by atoms with Gasteiger partial charge in [-0.25, -0.2) is 0 Å². The zero-order valence-corrected chi connectivity index (χ0v) is 15.3. The van der Waals surface area contributed by atoms with Crippen molar-refractivity contribution in [2.75, 3.05) is 0 Å². The van der Waals surface area contributed by atoms with Crippen molar-refractivity contribution in [2.45, 2.75) is 90.3 Å². The zero-order valence-electron chi connectivity index (χ0n) is 15.3. The number of benzene rings is 1. The highest BCUT2D eigenvalue weighted by molar-refractivity contribution is 5.74. The second kappa shape index (κ2) is 14.0. The van der Waals surface area contributed by atoms with Crippen LogP contribution in [-0.2, 0) is 16.1 Å². The maximum absolute atomic E-state index is 11.2. The second-order valence-electron chi connectivity index (χ2n) is 6.71. The Morgan fingerprint density at radius 1 is 0.958 bits per heavy atom. The van der Waals surface area contributed by atoms with Crippen molar-refractivity contribution in [3.63, 3.8) is 0 Å². The van der Waals surface area contributed by atoms with Crippen molar-refractivity contribution in [3.8, 4) is 0 Å². The van der Waals surface area contributed by atoms with Gasteiger partial charge in [-0.15, -0.1) is 0 Å². The van der Waals surface area contributed by atoms with E-state index in [2.05, 4.69) is 6.92 Å². The van der Waals surface area contributed by atoms with Crippen LogP contribution in [0.1, 0.15) is 83.1 Å². The number of hydrogen-bond acceptors (Lipinski definition) is 2. The molecule has 3 heteroatoms. The van der Waals surface area contributed by atoms with Crippen LogP contribution in [0.15, 0.2) is 30.3 Å². The summed E-state index contributed by atoms with van der Waals surface area (Å²) >= 11 is 0. The highest BCUT2D eigenvalue weighted by Crippen LogP contribution is 2.15. The monoisotopic (exact) mass is 333 g/mol. The van der Waals surface area contributed by atoms with Crippen LogP contribution < -0.4 is 5.73 Å². The van der Waals surface area contributed by atoms with Gasteiger partial charge >= 0.3 is 0 Å². The summed E-state index contributed by atoms with van der Waals surface area (Å²) in [5.41, 5.74) is 6.49. The van der Waals surface area contributed by atoms with Crippen molar-refractivity contribution < 1.29 is 9.53 Å². The van der Waals surface area contributed by atoms with Crippen LogP contribution in [0.3, 0.4) is 0 Å². The molecular formula is C21H35NO2. The van der Waals surface area contributed by atoms with Gasteiger partial charge < -0.3 is 10.5 Å². The molecule has 24 heavy (non-hydrogen) atoms. The maximum atomic E-state index is 11.2. The molecule has 0 bridgehead atoms. The summed E-state index contributed by atoms with van der Waals surface area (Å²) < 4.78 is 5.91. The lowest BCUT2D eigenvalue weighted by Gasteiger charge is -2.16. The lowest BCUT2D eigenvalue weighted by atomic mass is 10.0. The molecule has 136 valence electrons. The minimum atomic E-state index is -0.274. The molecule has 1 rings (SSSR count). The lowest BCUT2D eigenvalue weighted by Crippen LogP contribution is -2.22. The number of rotatable bonds is 15. The number of hydrogen-bond donors (Lipinski definition) is 1. The van der Waals surface area contributed by atoms with Crippen LogP contribution in [0.4, 0.5) is 0 Å². The topological polar surface area (TPSA) is 52.3 Å². The molecule has 0 saturated carbocycles. The van der Waals surface area contributed by atoms with E-state index in [1.807, 2.05) is 30.3 Å². The standard InChI is InChI=1S/C21H35NO2/c1-2-3-4-5-6-7-8-9-13-16-20(17-21(22)23)24-18-19-14-11-10-12-15-19/h10-12,14-15,20H,2-9,13,16-18H2,1H3,(H2,22,23)/t20-/m1/s1. The van der Waals surface area contributed by atoms with Crippen molar-refractivity contribution in [1.29, 1.82) is 0 Å². The van der Waals surface area contributed by atoms with E-state index >= 15 is 0 Å². The molecular weight excluding hydrogens is 298 g/mol. The Hall–Kier alpha value is -1.35. The van der Waals surface area contributed by atoms with Gasteiger partial charge in [0.05, 0.1) is 19.1 Å². The summed E-state index contributed by atoms with van der Waals surface area (Å²) in [5.74, 6) is -0.274. The fourth-order valence-corrected chi connectivity index (χ4v) is 2.94. The molecule has 0 unspecified atom stereocenters. The molecule has 0 aromatic heterocycles. The molecule has 0 aliphatic heterocycles. The predicted octanol–water partition coefficient (Wildman–Crippen LogP) is 5.37. The van der Waals surface area contributed by atoms with Crippen molar-refractivity contribution in [2.24, 2.45) is 5.73 Å². The summed E-state index contributed by atoms with van der Waals surface area (Å²) in [7, 11) is 0. The van der Waals surface area contributed by atoms with E-state index in [1.54, 1.807) is 0 Å². The van der Waals surface area contributed by atoms with Gasteiger partial charge in [0, 0.05) is 0 Å². The van der Waals surface area contributed by atoms with E-state index in [0.717, 1.165) is 18.4 Å².